The van der Waals surface area contributed by atoms with Gasteiger partial charge in [0, 0.05) is 28.7 Å². The number of anilines is 4. The molecular formula is C26H19N5O4. The number of pyridine rings is 1. The molecule has 5 rings (SSSR count). The molecule has 1 aromatic heterocycles. The first-order chi connectivity index (χ1) is 16.9. The molecule has 0 fully saturated rings. The number of benzene rings is 3. The minimum Gasteiger partial charge on any atom is -0.384 e. The number of aromatic nitrogens is 1. The molecule has 0 aliphatic carbocycles. The molecule has 3 amide bonds. The first kappa shape index (κ1) is 21.7. The largest absolute Gasteiger partial charge is 0.384 e. The van der Waals surface area contributed by atoms with Gasteiger partial charge in [0.1, 0.15) is 5.82 Å². The van der Waals surface area contributed by atoms with Gasteiger partial charge < -0.3 is 16.4 Å². The number of amides is 3. The van der Waals surface area contributed by atoms with Crippen molar-refractivity contribution in [1.82, 2.24) is 9.88 Å². The van der Waals surface area contributed by atoms with Gasteiger partial charge in [0.2, 0.25) is 0 Å². The van der Waals surface area contributed by atoms with Gasteiger partial charge in [-0.05, 0) is 54.6 Å². The maximum Gasteiger partial charge on any atom is 0.262 e. The zero-order valence-corrected chi connectivity index (χ0v) is 18.2. The Labute approximate surface area is 199 Å². The van der Waals surface area contributed by atoms with E-state index in [0.29, 0.717) is 5.69 Å². The lowest BCUT2D eigenvalue weighted by atomic mass is 10.1. The van der Waals surface area contributed by atoms with Crippen molar-refractivity contribution in [2.75, 3.05) is 16.4 Å². The summed E-state index contributed by atoms with van der Waals surface area (Å²) in [5.74, 6) is -1.90. The van der Waals surface area contributed by atoms with E-state index in [9.17, 15) is 19.2 Å². The highest BCUT2D eigenvalue weighted by Crippen LogP contribution is 2.24. The SMILES string of the molecule is Nc1c2c(cc(=O)n1-c1cccc(C(=O)Nc3ccc(Nc4ccccc4)cc3)c1)C(=O)NC2=O. The predicted octanol–water partition coefficient (Wildman–Crippen LogP) is 3.30. The third kappa shape index (κ3) is 4.13. The molecule has 0 saturated heterocycles. The van der Waals surface area contributed by atoms with Crippen molar-refractivity contribution < 1.29 is 14.4 Å². The maximum atomic E-state index is 12.9. The van der Waals surface area contributed by atoms with Crippen LogP contribution in [-0.2, 0) is 0 Å². The van der Waals surface area contributed by atoms with Crippen LogP contribution >= 0.6 is 0 Å². The minimum atomic E-state index is -0.671. The number of carbonyl (C=O) groups is 3. The number of hydrogen-bond acceptors (Lipinski definition) is 6. The fraction of sp³-hybridized carbons (Fsp3) is 0. The van der Waals surface area contributed by atoms with Crippen LogP contribution in [0.15, 0.2) is 89.7 Å². The van der Waals surface area contributed by atoms with E-state index >= 15 is 0 Å². The van der Waals surface area contributed by atoms with Gasteiger partial charge in [-0.15, -0.1) is 0 Å². The molecule has 1 aliphatic rings. The van der Waals surface area contributed by atoms with Gasteiger partial charge in [-0.3, -0.25) is 29.1 Å². The molecule has 2 heterocycles. The van der Waals surface area contributed by atoms with Crippen LogP contribution < -0.4 is 27.2 Å². The third-order valence-electron chi connectivity index (χ3n) is 5.53. The highest BCUT2D eigenvalue weighted by Gasteiger charge is 2.31. The molecule has 0 atom stereocenters. The predicted molar refractivity (Wildman–Crippen MR) is 132 cm³/mol. The van der Waals surface area contributed by atoms with Gasteiger partial charge in [0.15, 0.2) is 0 Å². The summed E-state index contributed by atoms with van der Waals surface area (Å²) in [5.41, 5.74) is 8.34. The van der Waals surface area contributed by atoms with E-state index in [1.807, 2.05) is 42.5 Å². The van der Waals surface area contributed by atoms with Gasteiger partial charge in [0.25, 0.3) is 23.3 Å². The van der Waals surface area contributed by atoms with Crippen molar-refractivity contribution in [3.05, 3.63) is 112 Å². The standard InChI is InChI=1S/C26H19N5O4/c27-23-22-20(25(34)30-26(22)35)14-21(32)31(23)19-8-4-5-15(13-19)24(33)29-18-11-9-17(10-12-18)28-16-6-2-1-3-7-16/h1-14,28H,27H2,(H,29,33)(H,30,34,35). The second kappa shape index (κ2) is 8.64. The second-order valence-corrected chi connectivity index (χ2v) is 7.85. The van der Waals surface area contributed by atoms with E-state index in [1.165, 1.54) is 6.07 Å². The van der Waals surface area contributed by atoms with E-state index < -0.39 is 23.3 Å². The fourth-order valence-corrected chi connectivity index (χ4v) is 3.86. The summed E-state index contributed by atoms with van der Waals surface area (Å²) in [6, 6.07) is 24.3. The molecule has 0 radical (unpaired) electrons. The second-order valence-electron chi connectivity index (χ2n) is 7.85. The summed E-state index contributed by atoms with van der Waals surface area (Å²) in [7, 11) is 0. The lowest BCUT2D eigenvalue weighted by Gasteiger charge is -2.13. The van der Waals surface area contributed by atoms with Gasteiger partial charge in [0.05, 0.1) is 16.8 Å². The van der Waals surface area contributed by atoms with Crippen LogP contribution in [0.1, 0.15) is 31.1 Å². The van der Waals surface area contributed by atoms with Crippen molar-refractivity contribution >= 4 is 40.6 Å². The normalized spacial score (nSPS) is 12.1. The molecular weight excluding hydrogens is 446 g/mol. The topological polar surface area (TPSA) is 135 Å². The summed E-state index contributed by atoms with van der Waals surface area (Å²) >= 11 is 0. The maximum absolute atomic E-state index is 12.9. The Morgan fingerprint density at radius 2 is 1.46 bits per heavy atom. The zero-order chi connectivity index (χ0) is 24.5. The molecule has 9 nitrogen and oxygen atoms in total. The molecule has 4 aromatic rings. The van der Waals surface area contributed by atoms with Crippen LogP contribution in [0, 0.1) is 0 Å². The van der Waals surface area contributed by atoms with Gasteiger partial charge in [-0.1, -0.05) is 24.3 Å². The quantitative estimate of drug-likeness (QED) is 0.334. The highest BCUT2D eigenvalue weighted by molar-refractivity contribution is 6.23. The molecule has 5 N–H and O–H groups in total. The molecule has 0 unspecified atom stereocenters. The smallest absolute Gasteiger partial charge is 0.262 e. The first-order valence-corrected chi connectivity index (χ1v) is 10.7. The summed E-state index contributed by atoms with van der Waals surface area (Å²) in [6.45, 7) is 0. The van der Waals surface area contributed by atoms with E-state index in [4.69, 9.17) is 5.73 Å². The van der Waals surface area contributed by atoms with Crippen molar-refractivity contribution in [1.29, 1.82) is 0 Å². The van der Waals surface area contributed by atoms with Gasteiger partial charge >= 0.3 is 0 Å². The third-order valence-corrected chi connectivity index (χ3v) is 5.53. The number of nitrogens with one attached hydrogen (secondary N) is 3. The van der Waals surface area contributed by atoms with Crippen LogP contribution in [0.2, 0.25) is 0 Å². The molecule has 0 spiro atoms. The number of hydrogen-bond donors (Lipinski definition) is 4. The molecule has 9 heteroatoms. The van der Waals surface area contributed by atoms with Crippen LogP contribution in [0.5, 0.6) is 0 Å². The molecule has 1 aliphatic heterocycles. The summed E-state index contributed by atoms with van der Waals surface area (Å²) in [6.07, 6.45) is 0. The van der Waals surface area contributed by atoms with Crippen molar-refractivity contribution in [2.45, 2.75) is 0 Å². The van der Waals surface area contributed by atoms with Crippen molar-refractivity contribution in [2.24, 2.45) is 0 Å². The number of rotatable bonds is 5. The zero-order valence-electron chi connectivity index (χ0n) is 18.2. The molecule has 0 bridgehead atoms. The summed E-state index contributed by atoms with van der Waals surface area (Å²) < 4.78 is 1.10. The highest BCUT2D eigenvalue weighted by atomic mass is 16.2. The Morgan fingerprint density at radius 1 is 0.771 bits per heavy atom. The molecule has 3 aromatic carbocycles. The first-order valence-electron chi connectivity index (χ1n) is 10.7. The van der Waals surface area contributed by atoms with Crippen LogP contribution in [0.3, 0.4) is 0 Å². The Bertz CT molecular complexity index is 1540. The number of imide groups is 1. The molecule has 172 valence electrons. The lowest BCUT2D eigenvalue weighted by molar-refractivity contribution is 0.0879. The fourth-order valence-electron chi connectivity index (χ4n) is 3.86. The monoisotopic (exact) mass is 465 g/mol. The number of para-hydroxylation sites is 1. The number of nitrogens with two attached hydrogens (primary N) is 1. The van der Waals surface area contributed by atoms with Gasteiger partial charge in [-0.25, -0.2) is 0 Å². The lowest BCUT2D eigenvalue weighted by Crippen LogP contribution is -2.24. The average molecular weight is 465 g/mol. The minimum absolute atomic E-state index is 0.0614. The number of nitrogen functional groups attached to an aromatic ring is 1. The number of fused-ring (bicyclic) bond motifs is 1. The summed E-state index contributed by atoms with van der Waals surface area (Å²) in [5, 5.41) is 8.21. The van der Waals surface area contributed by atoms with Crippen LogP contribution in [-0.4, -0.2) is 22.3 Å². The Morgan fingerprint density at radius 3 is 2.20 bits per heavy atom. The van der Waals surface area contributed by atoms with Crippen LogP contribution in [0.4, 0.5) is 22.9 Å². The van der Waals surface area contributed by atoms with Crippen molar-refractivity contribution in [3.63, 3.8) is 0 Å². The molecule has 35 heavy (non-hydrogen) atoms. The van der Waals surface area contributed by atoms with E-state index in [0.717, 1.165) is 22.0 Å². The van der Waals surface area contributed by atoms with E-state index in [1.54, 1.807) is 30.3 Å². The molecule has 0 saturated carbocycles. The van der Waals surface area contributed by atoms with Crippen LogP contribution in [0.25, 0.3) is 5.69 Å². The average Bonchev–Trinajstić information content (AvgIpc) is 3.14. The van der Waals surface area contributed by atoms with Crippen molar-refractivity contribution in [3.8, 4) is 5.69 Å². The summed E-state index contributed by atoms with van der Waals surface area (Å²) in [4.78, 5) is 49.5. The van der Waals surface area contributed by atoms with E-state index in [-0.39, 0.29) is 28.2 Å². The Balaban J connectivity index is 1.38. The van der Waals surface area contributed by atoms with E-state index in [2.05, 4.69) is 16.0 Å². The number of nitrogens with zero attached hydrogens (tertiary/aromatic N) is 1. The Hall–Kier alpha value is -5.18. The number of carbonyl (C=O) groups excluding carboxylic acids is 3. The van der Waals surface area contributed by atoms with Gasteiger partial charge in [-0.2, -0.15) is 0 Å². The Kier molecular flexibility index (Phi) is 5.34.